The maximum absolute atomic E-state index is 11.8. The Morgan fingerprint density at radius 1 is 1.24 bits per heavy atom. The van der Waals surface area contributed by atoms with Gasteiger partial charge in [0.05, 0.1) is 12.3 Å². The maximum atomic E-state index is 11.8. The number of nitrogens with zero attached hydrogens (tertiary/aromatic N) is 2. The Kier molecular flexibility index (Phi) is 4.24. The lowest BCUT2D eigenvalue weighted by atomic mass is 9.94. The molecule has 5 heteroatoms. The second-order valence-electron chi connectivity index (χ2n) is 6.49. The summed E-state index contributed by atoms with van der Waals surface area (Å²) in [6.45, 7) is 0.747. The zero-order chi connectivity index (χ0) is 17.2. The zero-order valence-electron chi connectivity index (χ0n) is 13.8. The fraction of sp³-hybridized carbons (Fsp3) is 0.300. The molecule has 2 aromatic heterocycles. The van der Waals surface area contributed by atoms with E-state index >= 15 is 0 Å². The number of carboxylic acid groups (broad SMARTS) is 1. The van der Waals surface area contributed by atoms with Gasteiger partial charge in [0.25, 0.3) is 0 Å². The van der Waals surface area contributed by atoms with Crippen molar-refractivity contribution in [3.8, 4) is 0 Å². The van der Waals surface area contributed by atoms with Gasteiger partial charge in [-0.15, -0.1) is 0 Å². The molecule has 1 N–H and O–H groups in total. The SMILES string of the molecule is O=C(O)C1CCCCN1C(c1ccc2cnccc2c1)c1ccco1. The number of benzene rings is 1. The van der Waals surface area contributed by atoms with Gasteiger partial charge in [-0.25, -0.2) is 0 Å². The van der Waals surface area contributed by atoms with Gasteiger partial charge in [0.15, 0.2) is 0 Å². The van der Waals surface area contributed by atoms with Crippen molar-refractivity contribution in [1.82, 2.24) is 9.88 Å². The first-order valence-electron chi connectivity index (χ1n) is 8.59. The normalized spacial score (nSPS) is 19.8. The minimum atomic E-state index is -0.763. The van der Waals surface area contributed by atoms with Gasteiger partial charge in [0.2, 0.25) is 0 Å². The number of furan rings is 1. The van der Waals surface area contributed by atoms with Gasteiger partial charge in [-0.05, 0) is 48.1 Å². The van der Waals surface area contributed by atoms with E-state index in [9.17, 15) is 9.90 Å². The molecule has 3 heterocycles. The number of pyridine rings is 1. The fourth-order valence-corrected chi connectivity index (χ4v) is 3.77. The van der Waals surface area contributed by atoms with Gasteiger partial charge >= 0.3 is 5.97 Å². The monoisotopic (exact) mass is 336 g/mol. The molecule has 0 amide bonds. The summed E-state index contributed by atoms with van der Waals surface area (Å²) in [7, 11) is 0. The minimum absolute atomic E-state index is 0.200. The Morgan fingerprint density at radius 2 is 2.16 bits per heavy atom. The van der Waals surface area contributed by atoms with Crippen molar-refractivity contribution < 1.29 is 14.3 Å². The smallest absolute Gasteiger partial charge is 0.320 e. The van der Waals surface area contributed by atoms with Crippen LogP contribution < -0.4 is 0 Å². The molecule has 2 unspecified atom stereocenters. The average molecular weight is 336 g/mol. The van der Waals surface area contributed by atoms with E-state index < -0.39 is 12.0 Å². The van der Waals surface area contributed by atoms with Crippen LogP contribution in [0.2, 0.25) is 0 Å². The Labute approximate surface area is 145 Å². The van der Waals surface area contributed by atoms with E-state index in [0.29, 0.717) is 6.42 Å². The third-order valence-electron chi connectivity index (χ3n) is 4.95. The van der Waals surface area contributed by atoms with E-state index in [1.54, 1.807) is 12.5 Å². The van der Waals surface area contributed by atoms with Gasteiger partial charge in [0, 0.05) is 24.3 Å². The minimum Gasteiger partial charge on any atom is -0.480 e. The van der Waals surface area contributed by atoms with Gasteiger partial charge < -0.3 is 9.52 Å². The van der Waals surface area contributed by atoms with Crippen molar-refractivity contribution in [2.24, 2.45) is 0 Å². The number of aliphatic carboxylic acids is 1. The van der Waals surface area contributed by atoms with Crippen LogP contribution in [0, 0.1) is 0 Å². The van der Waals surface area contributed by atoms with Gasteiger partial charge in [-0.2, -0.15) is 0 Å². The summed E-state index contributed by atoms with van der Waals surface area (Å²) < 4.78 is 5.70. The predicted molar refractivity (Wildman–Crippen MR) is 94.3 cm³/mol. The van der Waals surface area contributed by atoms with E-state index in [-0.39, 0.29) is 6.04 Å². The molecule has 0 radical (unpaired) electrons. The molecule has 0 saturated carbocycles. The lowest BCUT2D eigenvalue weighted by molar-refractivity contribution is -0.145. The Balaban J connectivity index is 1.81. The van der Waals surface area contributed by atoms with Crippen molar-refractivity contribution in [3.63, 3.8) is 0 Å². The number of hydrogen-bond acceptors (Lipinski definition) is 4. The molecular weight excluding hydrogens is 316 g/mol. The van der Waals surface area contributed by atoms with E-state index in [0.717, 1.165) is 41.5 Å². The summed E-state index contributed by atoms with van der Waals surface area (Å²) in [6, 6.07) is 11.3. The zero-order valence-corrected chi connectivity index (χ0v) is 13.8. The number of carbonyl (C=O) groups is 1. The molecule has 1 aliphatic heterocycles. The van der Waals surface area contributed by atoms with Crippen LogP contribution in [0.4, 0.5) is 0 Å². The quantitative estimate of drug-likeness (QED) is 0.784. The number of fused-ring (bicyclic) bond motifs is 1. The summed E-state index contributed by atoms with van der Waals surface area (Å²) >= 11 is 0. The molecule has 0 bridgehead atoms. The van der Waals surface area contributed by atoms with Crippen LogP contribution in [0.1, 0.15) is 36.6 Å². The summed E-state index contributed by atoms with van der Waals surface area (Å²) in [5, 5.41) is 11.9. The fourth-order valence-electron chi connectivity index (χ4n) is 3.77. The largest absolute Gasteiger partial charge is 0.480 e. The molecule has 128 valence electrons. The van der Waals surface area contributed by atoms with Gasteiger partial charge in [-0.1, -0.05) is 18.6 Å². The highest BCUT2D eigenvalue weighted by Gasteiger charge is 2.36. The Hall–Kier alpha value is -2.66. The number of likely N-dealkylation sites (tertiary alicyclic amines) is 1. The molecule has 25 heavy (non-hydrogen) atoms. The first-order valence-corrected chi connectivity index (χ1v) is 8.59. The number of carboxylic acids is 1. The number of aromatic nitrogens is 1. The highest BCUT2D eigenvalue weighted by atomic mass is 16.4. The number of rotatable bonds is 4. The molecule has 3 aromatic rings. The maximum Gasteiger partial charge on any atom is 0.320 e. The molecule has 0 spiro atoms. The van der Waals surface area contributed by atoms with Crippen molar-refractivity contribution in [1.29, 1.82) is 0 Å². The Morgan fingerprint density at radius 3 is 2.96 bits per heavy atom. The van der Waals surface area contributed by atoms with Gasteiger partial charge in [0.1, 0.15) is 11.8 Å². The second-order valence-corrected chi connectivity index (χ2v) is 6.49. The van der Waals surface area contributed by atoms with Crippen LogP contribution in [0.25, 0.3) is 10.8 Å². The Bertz CT molecular complexity index is 876. The van der Waals surface area contributed by atoms with Crippen LogP contribution in [0.5, 0.6) is 0 Å². The molecule has 1 saturated heterocycles. The third-order valence-corrected chi connectivity index (χ3v) is 4.95. The summed E-state index contributed by atoms with van der Waals surface area (Å²) in [4.78, 5) is 18.0. The van der Waals surface area contributed by atoms with Crippen molar-refractivity contribution in [2.75, 3.05) is 6.54 Å². The van der Waals surface area contributed by atoms with Crippen molar-refractivity contribution >= 4 is 16.7 Å². The average Bonchev–Trinajstić information content (AvgIpc) is 3.16. The molecule has 5 nitrogen and oxygen atoms in total. The third kappa shape index (κ3) is 3.03. The number of hydrogen-bond donors (Lipinski definition) is 1. The van der Waals surface area contributed by atoms with Crippen LogP contribution in [-0.4, -0.2) is 33.5 Å². The second kappa shape index (κ2) is 6.69. The molecule has 4 rings (SSSR count). The molecule has 1 fully saturated rings. The van der Waals surface area contributed by atoms with Crippen molar-refractivity contribution in [2.45, 2.75) is 31.3 Å². The molecule has 1 aliphatic rings. The van der Waals surface area contributed by atoms with Crippen molar-refractivity contribution in [3.05, 3.63) is 66.4 Å². The molecular formula is C20H20N2O3. The standard InChI is InChI=1S/C20H20N2O3/c23-20(24)17-4-1-2-10-22(17)19(18-5-3-11-25-18)15-6-7-16-13-21-9-8-14(16)12-15/h3,5-9,11-13,17,19H,1-2,4,10H2,(H,23,24). The first-order chi connectivity index (χ1) is 12.2. The summed E-state index contributed by atoms with van der Waals surface area (Å²) in [5.74, 6) is 0.0165. The molecule has 2 atom stereocenters. The van der Waals surface area contributed by atoms with Crippen LogP contribution in [-0.2, 0) is 4.79 Å². The highest BCUT2D eigenvalue weighted by molar-refractivity contribution is 5.82. The highest BCUT2D eigenvalue weighted by Crippen LogP contribution is 2.35. The lowest BCUT2D eigenvalue weighted by Crippen LogP contribution is -2.46. The summed E-state index contributed by atoms with van der Waals surface area (Å²) in [5.41, 5.74) is 1.04. The van der Waals surface area contributed by atoms with E-state index in [1.165, 1.54) is 0 Å². The van der Waals surface area contributed by atoms with E-state index in [2.05, 4.69) is 16.0 Å². The van der Waals surface area contributed by atoms with E-state index in [1.807, 2.05) is 36.5 Å². The lowest BCUT2D eigenvalue weighted by Gasteiger charge is -2.38. The predicted octanol–water partition coefficient (Wildman–Crippen LogP) is 3.86. The van der Waals surface area contributed by atoms with Gasteiger partial charge in [-0.3, -0.25) is 14.7 Å². The summed E-state index contributed by atoms with van der Waals surface area (Å²) in [6.07, 6.45) is 7.87. The van der Waals surface area contributed by atoms with Crippen LogP contribution >= 0.6 is 0 Å². The van der Waals surface area contributed by atoms with Crippen LogP contribution in [0.15, 0.2) is 59.5 Å². The van der Waals surface area contributed by atoms with E-state index in [4.69, 9.17) is 4.42 Å². The van der Waals surface area contributed by atoms with Crippen LogP contribution in [0.3, 0.4) is 0 Å². The number of piperidine rings is 1. The molecule has 1 aromatic carbocycles. The topological polar surface area (TPSA) is 66.6 Å². The first kappa shape index (κ1) is 15.8. The molecule has 0 aliphatic carbocycles.